The molecule has 2 aromatic heterocycles. The molecule has 0 radical (unpaired) electrons. The number of nitrogen functional groups attached to an aromatic ring is 1. The summed E-state index contributed by atoms with van der Waals surface area (Å²) >= 11 is 1.67. The van der Waals surface area contributed by atoms with Crippen molar-refractivity contribution in [3.05, 3.63) is 64.1 Å². The largest absolute Gasteiger partial charge is 0.464 e. The van der Waals surface area contributed by atoms with Crippen LogP contribution in [0.3, 0.4) is 0 Å². The fourth-order valence-corrected chi connectivity index (χ4v) is 3.49. The van der Waals surface area contributed by atoms with Crippen LogP contribution in [0.2, 0.25) is 0 Å². The number of benzene rings is 1. The van der Waals surface area contributed by atoms with Crippen molar-refractivity contribution in [1.29, 1.82) is 5.26 Å². The number of carbonyl (C=O) groups is 1. The Morgan fingerprint density at radius 1 is 1.35 bits per heavy atom. The first-order valence-electron chi connectivity index (χ1n) is 7.95. The zero-order valence-electron chi connectivity index (χ0n) is 14.4. The first-order valence-corrected chi connectivity index (χ1v) is 8.83. The number of thiophene rings is 1. The Labute approximate surface area is 155 Å². The lowest BCUT2D eigenvalue weighted by Crippen LogP contribution is -2.13. The number of hydrogen-bond acceptors (Lipinski definition) is 6. The quantitative estimate of drug-likeness (QED) is 0.667. The van der Waals surface area contributed by atoms with Crippen molar-refractivity contribution >= 4 is 28.7 Å². The number of methoxy groups -OCH3 is 1. The summed E-state index contributed by atoms with van der Waals surface area (Å²) < 4.78 is 6.45. The highest BCUT2D eigenvalue weighted by molar-refractivity contribution is 7.10. The number of nitrogens with one attached hydrogen (secondary N) is 1. The molecule has 0 bridgehead atoms. The Morgan fingerprint density at radius 2 is 2.12 bits per heavy atom. The highest BCUT2D eigenvalue weighted by Gasteiger charge is 2.23. The number of anilines is 2. The van der Waals surface area contributed by atoms with Gasteiger partial charge in [-0.25, -0.2) is 4.79 Å². The van der Waals surface area contributed by atoms with Crippen LogP contribution in [-0.4, -0.2) is 17.6 Å². The normalized spacial score (nSPS) is 11.6. The molecule has 3 aromatic rings. The van der Waals surface area contributed by atoms with Crippen molar-refractivity contribution in [3.63, 3.8) is 0 Å². The van der Waals surface area contributed by atoms with Gasteiger partial charge in [0.05, 0.1) is 35.8 Å². The third-order valence-electron chi connectivity index (χ3n) is 4.05. The summed E-state index contributed by atoms with van der Waals surface area (Å²) in [5.41, 5.74) is 8.00. The van der Waals surface area contributed by atoms with Crippen LogP contribution >= 0.6 is 11.3 Å². The summed E-state index contributed by atoms with van der Waals surface area (Å²) in [6, 6.07) is 13.7. The highest BCUT2D eigenvalue weighted by Crippen LogP contribution is 2.31. The van der Waals surface area contributed by atoms with E-state index in [-0.39, 0.29) is 23.0 Å². The second-order valence-corrected chi connectivity index (χ2v) is 6.66. The van der Waals surface area contributed by atoms with Crippen molar-refractivity contribution in [3.8, 4) is 11.8 Å². The third kappa shape index (κ3) is 3.15. The molecule has 1 unspecified atom stereocenters. The summed E-state index contributed by atoms with van der Waals surface area (Å²) in [7, 11) is 1.29. The SMILES string of the molecule is COC(=O)c1c(N)c(C#N)cn1-c1ccccc1NC(C)c1cccs1. The molecule has 0 saturated heterocycles. The van der Waals surface area contributed by atoms with Gasteiger partial charge in [-0.05, 0) is 30.5 Å². The molecule has 0 saturated carbocycles. The van der Waals surface area contributed by atoms with Gasteiger partial charge in [0, 0.05) is 11.1 Å². The van der Waals surface area contributed by atoms with Crippen molar-refractivity contribution in [2.45, 2.75) is 13.0 Å². The Morgan fingerprint density at radius 3 is 2.77 bits per heavy atom. The second-order valence-electron chi connectivity index (χ2n) is 5.68. The van der Waals surface area contributed by atoms with Gasteiger partial charge in [0.1, 0.15) is 6.07 Å². The minimum Gasteiger partial charge on any atom is -0.464 e. The molecule has 3 rings (SSSR count). The van der Waals surface area contributed by atoms with Crippen molar-refractivity contribution in [1.82, 2.24) is 4.57 Å². The van der Waals surface area contributed by atoms with Crippen LogP contribution in [0.4, 0.5) is 11.4 Å². The van der Waals surface area contributed by atoms with E-state index in [0.29, 0.717) is 5.69 Å². The topological polar surface area (TPSA) is 93.1 Å². The lowest BCUT2D eigenvalue weighted by molar-refractivity contribution is 0.0593. The second kappa shape index (κ2) is 7.33. The van der Waals surface area contributed by atoms with E-state index < -0.39 is 5.97 Å². The fraction of sp³-hybridized carbons (Fsp3) is 0.158. The van der Waals surface area contributed by atoms with Gasteiger partial charge in [0.15, 0.2) is 5.69 Å². The van der Waals surface area contributed by atoms with E-state index in [1.165, 1.54) is 12.0 Å². The first-order chi connectivity index (χ1) is 12.6. The summed E-state index contributed by atoms with van der Waals surface area (Å²) in [5, 5.41) is 14.8. The number of ether oxygens (including phenoxy) is 1. The van der Waals surface area contributed by atoms with Crippen LogP contribution in [0.1, 0.15) is 33.9 Å². The van der Waals surface area contributed by atoms with Crippen LogP contribution in [0, 0.1) is 11.3 Å². The number of para-hydroxylation sites is 2. The van der Waals surface area contributed by atoms with E-state index in [0.717, 1.165) is 5.69 Å². The van der Waals surface area contributed by atoms with Gasteiger partial charge < -0.3 is 20.4 Å². The molecule has 2 heterocycles. The van der Waals surface area contributed by atoms with Gasteiger partial charge in [-0.1, -0.05) is 18.2 Å². The zero-order valence-corrected chi connectivity index (χ0v) is 15.2. The van der Waals surface area contributed by atoms with E-state index in [9.17, 15) is 10.1 Å². The highest BCUT2D eigenvalue weighted by atomic mass is 32.1. The average Bonchev–Trinajstić information content (AvgIpc) is 3.29. The standard InChI is InChI=1S/C19H18N4O2S/c1-12(16-8-5-9-26-16)22-14-6-3-4-7-15(14)23-11-13(10-20)17(21)18(23)19(24)25-2/h3-9,11-12,22H,21H2,1-2H3. The van der Waals surface area contributed by atoms with Crippen LogP contribution < -0.4 is 11.1 Å². The molecule has 0 spiro atoms. The number of esters is 1. The van der Waals surface area contributed by atoms with Gasteiger partial charge in [-0.15, -0.1) is 11.3 Å². The van der Waals surface area contributed by atoms with Gasteiger partial charge >= 0.3 is 5.97 Å². The van der Waals surface area contributed by atoms with E-state index in [4.69, 9.17) is 10.5 Å². The molecule has 1 atom stereocenters. The molecular weight excluding hydrogens is 348 g/mol. The van der Waals surface area contributed by atoms with Crippen LogP contribution in [0.15, 0.2) is 48.0 Å². The lowest BCUT2D eigenvalue weighted by atomic mass is 10.2. The maximum absolute atomic E-state index is 12.2. The monoisotopic (exact) mass is 366 g/mol. The van der Waals surface area contributed by atoms with Crippen molar-refractivity contribution < 1.29 is 9.53 Å². The molecule has 3 N–H and O–H groups in total. The van der Waals surface area contributed by atoms with Crippen molar-refractivity contribution in [2.75, 3.05) is 18.2 Å². The van der Waals surface area contributed by atoms with Gasteiger partial charge in [-0.3, -0.25) is 0 Å². The summed E-state index contributed by atoms with van der Waals surface area (Å²) in [5.74, 6) is -0.592. The number of aromatic nitrogens is 1. The lowest BCUT2D eigenvalue weighted by Gasteiger charge is -2.18. The number of nitrogens with zero attached hydrogens (tertiary/aromatic N) is 2. The Hall–Kier alpha value is -3.24. The van der Waals surface area contributed by atoms with E-state index in [2.05, 4.69) is 18.3 Å². The first kappa shape index (κ1) is 17.6. The molecule has 0 amide bonds. The molecular formula is C19H18N4O2S. The van der Waals surface area contributed by atoms with Gasteiger partial charge in [-0.2, -0.15) is 5.26 Å². The zero-order chi connectivity index (χ0) is 18.7. The maximum Gasteiger partial charge on any atom is 0.357 e. The van der Waals surface area contributed by atoms with Crippen LogP contribution in [0.5, 0.6) is 0 Å². The van der Waals surface area contributed by atoms with Crippen LogP contribution in [0.25, 0.3) is 5.69 Å². The number of nitrogens with two attached hydrogens (primary N) is 1. The van der Waals surface area contributed by atoms with Gasteiger partial charge in [0.25, 0.3) is 0 Å². The minimum absolute atomic E-state index is 0.0843. The molecule has 26 heavy (non-hydrogen) atoms. The molecule has 0 aliphatic carbocycles. The number of rotatable bonds is 5. The Bertz CT molecular complexity index is 970. The minimum atomic E-state index is -0.592. The molecule has 0 aliphatic rings. The smallest absolute Gasteiger partial charge is 0.357 e. The summed E-state index contributed by atoms with van der Waals surface area (Å²) in [6.45, 7) is 2.06. The number of hydrogen-bond donors (Lipinski definition) is 2. The van der Waals surface area contributed by atoms with Crippen molar-refractivity contribution in [2.24, 2.45) is 0 Å². The van der Waals surface area contributed by atoms with E-state index in [1.807, 2.05) is 41.8 Å². The van der Waals surface area contributed by atoms with Crippen LogP contribution in [-0.2, 0) is 4.74 Å². The molecule has 1 aromatic carbocycles. The van der Waals surface area contributed by atoms with Gasteiger partial charge in [0.2, 0.25) is 0 Å². The molecule has 132 valence electrons. The molecule has 7 heteroatoms. The predicted molar refractivity (Wildman–Crippen MR) is 103 cm³/mol. The molecule has 0 aliphatic heterocycles. The van der Waals surface area contributed by atoms with E-state index in [1.54, 1.807) is 22.1 Å². The fourth-order valence-electron chi connectivity index (χ4n) is 2.75. The maximum atomic E-state index is 12.2. The Balaban J connectivity index is 2.08. The Kier molecular flexibility index (Phi) is 4.96. The predicted octanol–water partition coefficient (Wildman–Crippen LogP) is 3.95. The van der Waals surface area contributed by atoms with E-state index >= 15 is 0 Å². The average molecular weight is 366 g/mol. The molecule has 6 nitrogen and oxygen atoms in total. The summed E-state index contributed by atoms with van der Waals surface area (Å²) in [4.78, 5) is 13.4. The third-order valence-corrected chi connectivity index (χ3v) is 5.10. The number of carbonyl (C=O) groups excluding carboxylic acids is 1. The molecule has 0 fully saturated rings. The number of nitriles is 1. The summed E-state index contributed by atoms with van der Waals surface area (Å²) in [6.07, 6.45) is 1.55.